The molecule has 0 radical (unpaired) electrons. The normalized spacial score (nSPS) is 30.2. The van der Waals surface area contributed by atoms with Crippen LogP contribution in [0.4, 0.5) is 10.6 Å². The Kier molecular flexibility index (Phi) is 4.04. The molecule has 3 aliphatic rings. The van der Waals surface area contributed by atoms with Gasteiger partial charge in [0.15, 0.2) is 0 Å². The Hall–Kier alpha value is -1.88. The van der Waals surface area contributed by atoms with Gasteiger partial charge in [-0.05, 0) is 30.4 Å². The van der Waals surface area contributed by atoms with E-state index in [1.165, 1.54) is 5.56 Å². The van der Waals surface area contributed by atoms with Gasteiger partial charge >= 0.3 is 6.03 Å². The maximum atomic E-state index is 12.5. The third-order valence-corrected chi connectivity index (χ3v) is 5.42. The van der Waals surface area contributed by atoms with Gasteiger partial charge in [0.25, 0.3) is 0 Å². The number of aryl methyl sites for hydroxylation is 1. The first-order chi connectivity index (χ1) is 11.6. The highest BCUT2D eigenvalue weighted by atomic mass is 16.5. The molecule has 2 amide bonds. The van der Waals surface area contributed by atoms with Gasteiger partial charge in [-0.2, -0.15) is 0 Å². The molecule has 0 aromatic carbocycles. The second-order valence-corrected chi connectivity index (χ2v) is 7.60. The molecule has 0 saturated carbocycles. The van der Waals surface area contributed by atoms with Crippen LogP contribution in [0.3, 0.4) is 0 Å². The summed E-state index contributed by atoms with van der Waals surface area (Å²) in [6.07, 6.45) is 8.75. The predicted molar refractivity (Wildman–Crippen MR) is 92.8 cm³/mol. The first-order valence-electron chi connectivity index (χ1n) is 8.95. The lowest BCUT2D eigenvalue weighted by atomic mass is 9.86. The van der Waals surface area contributed by atoms with E-state index in [1.807, 2.05) is 17.2 Å². The van der Waals surface area contributed by atoms with Crippen LogP contribution < -0.4 is 5.32 Å². The molecule has 0 spiro atoms. The molecule has 2 saturated heterocycles. The Balaban J connectivity index is 1.32. The number of anilines is 1. The zero-order chi connectivity index (χ0) is 16.7. The van der Waals surface area contributed by atoms with Crippen LogP contribution in [0, 0.1) is 17.8 Å². The zero-order valence-electron chi connectivity index (χ0n) is 14.3. The standard InChI is InChI=1S/C19H25N3O2/c1-12(2)3-4-13-5-8-18(20-9-13)21-19(23)22-10-14-15(11-22)17-7-6-16(14)24-17/h5-9,12,14-17H,3-4,10-11H2,1-2H3,(H,20,21,23)/t14-,15+,16-,17-/m1/s1. The van der Waals surface area contributed by atoms with E-state index in [1.54, 1.807) is 0 Å². The average Bonchev–Trinajstić information content (AvgIpc) is 3.26. The predicted octanol–water partition coefficient (Wildman–Crippen LogP) is 3.09. The molecule has 4 atom stereocenters. The molecule has 1 aromatic heterocycles. The van der Waals surface area contributed by atoms with E-state index in [4.69, 9.17) is 4.74 Å². The van der Waals surface area contributed by atoms with E-state index < -0.39 is 0 Å². The SMILES string of the molecule is CC(C)CCc1ccc(NC(=O)N2C[C@@H]3[C@H](C2)[C@H]2C=C[C@H]3O2)nc1. The number of hydrogen-bond donors (Lipinski definition) is 1. The number of carbonyl (C=O) groups is 1. The van der Waals surface area contributed by atoms with E-state index in [2.05, 4.69) is 42.4 Å². The summed E-state index contributed by atoms with van der Waals surface area (Å²) in [5, 5.41) is 2.93. The van der Waals surface area contributed by atoms with Gasteiger partial charge in [-0.1, -0.05) is 32.1 Å². The molecule has 4 rings (SSSR count). The summed E-state index contributed by atoms with van der Waals surface area (Å²) in [6, 6.07) is 3.91. The molecule has 1 aromatic rings. The van der Waals surface area contributed by atoms with Crippen molar-refractivity contribution in [3.63, 3.8) is 0 Å². The summed E-state index contributed by atoms with van der Waals surface area (Å²) >= 11 is 0. The zero-order valence-corrected chi connectivity index (χ0v) is 14.3. The molecule has 2 bridgehead atoms. The number of ether oxygens (including phenoxy) is 1. The highest BCUT2D eigenvalue weighted by Gasteiger charge is 2.51. The molecule has 5 heteroatoms. The number of urea groups is 1. The first-order valence-corrected chi connectivity index (χ1v) is 8.95. The Morgan fingerprint density at radius 2 is 2.00 bits per heavy atom. The summed E-state index contributed by atoms with van der Waals surface area (Å²) in [5.74, 6) is 2.23. The molecule has 5 nitrogen and oxygen atoms in total. The molecule has 24 heavy (non-hydrogen) atoms. The highest BCUT2D eigenvalue weighted by molar-refractivity contribution is 5.88. The van der Waals surface area contributed by atoms with E-state index in [-0.39, 0.29) is 18.2 Å². The summed E-state index contributed by atoms with van der Waals surface area (Å²) in [6.45, 7) is 5.99. The maximum absolute atomic E-state index is 12.5. The van der Waals surface area contributed by atoms with Crippen LogP contribution in [0.2, 0.25) is 0 Å². The number of rotatable bonds is 4. The highest BCUT2D eigenvalue weighted by Crippen LogP contribution is 2.43. The van der Waals surface area contributed by atoms with Crippen molar-refractivity contribution in [1.29, 1.82) is 0 Å². The Morgan fingerprint density at radius 3 is 2.58 bits per heavy atom. The van der Waals surface area contributed by atoms with E-state index in [0.29, 0.717) is 23.6 Å². The molecular formula is C19H25N3O2. The van der Waals surface area contributed by atoms with Crippen molar-refractivity contribution in [2.75, 3.05) is 18.4 Å². The molecule has 0 aliphatic carbocycles. The monoisotopic (exact) mass is 327 g/mol. The number of aromatic nitrogens is 1. The minimum atomic E-state index is -0.0498. The molecule has 2 fully saturated rings. The average molecular weight is 327 g/mol. The quantitative estimate of drug-likeness (QED) is 0.865. The van der Waals surface area contributed by atoms with Crippen molar-refractivity contribution in [3.05, 3.63) is 36.0 Å². The van der Waals surface area contributed by atoms with Crippen molar-refractivity contribution in [2.45, 2.75) is 38.9 Å². The molecular weight excluding hydrogens is 302 g/mol. The van der Waals surface area contributed by atoms with Gasteiger partial charge in [0.1, 0.15) is 5.82 Å². The summed E-state index contributed by atoms with van der Waals surface area (Å²) in [5.41, 5.74) is 1.22. The Morgan fingerprint density at radius 1 is 1.29 bits per heavy atom. The number of nitrogens with one attached hydrogen (secondary N) is 1. The van der Waals surface area contributed by atoms with Gasteiger partial charge in [0.2, 0.25) is 0 Å². The summed E-state index contributed by atoms with van der Waals surface area (Å²) in [7, 11) is 0. The minimum absolute atomic E-state index is 0.0498. The lowest BCUT2D eigenvalue weighted by molar-refractivity contribution is 0.0892. The third-order valence-electron chi connectivity index (χ3n) is 5.42. The van der Waals surface area contributed by atoms with E-state index in [9.17, 15) is 4.79 Å². The van der Waals surface area contributed by atoms with Crippen molar-refractivity contribution >= 4 is 11.8 Å². The van der Waals surface area contributed by atoms with Gasteiger partial charge in [-0.25, -0.2) is 9.78 Å². The van der Waals surface area contributed by atoms with E-state index >= 15 is 0 Å². The molecule has 1 N–H and O–H groups in total. The smallest absolute Gasteiger partial charge is 0.323 e. The lowest BCUT2D eigenvalue weighted by Gasteiger charge is -2.19. The molecule has 4 heterocycles. The molecule has 3 aliphatic heterocycles. The van der Waals surface area contributed by atoms with Crippen molar-refractivity contribution in [1.82, 2.24) is 9.88 Å². The fourth-order valence-corrected chi connectivity index (χ4v) is 3.98. The minimum Gasteiger partial charge on any atom is -0.366 e. The second kappa shape index (κ2) is 6.20. The molecule has 0 unspecified atom stereocenters. The van der Waals surface area contributed by atoms with Crippen molar-refractivity contribution < 1.29 is 9.53 Å². The van der Waals surface area contributed by atoms with Gasteiger partial charge in [-0.15, -0.1) is 0 Å². The maximum Gasteiger partial charge on any atom is 0.323 e. The topological polar surface area (TPSA) is 54.5 Å². The lowest BCUT2D eigenvalue weighted by Crippen LogP contribution is -2.35. The third kappa shape index (κ3) is 2.93. The summed E-state index contributed by atoms with van der Waals surface area (Å²) in [4.78, 5) is 18.8. The molecule has 128 valence electrons. The van der Waals surface area contributed by atoms with E-state index in [0.717, 1.165) is 25.9 Å². The van der Waals surface area contributed by atoms with Crippen LogP contribution in [0.1, 0.15) is 25.8 Å². The van der Waals surface area contributed by atoms with Gasteiger partial charge in [0.05, 0.1) is 12.2 Å². The number of likely N-dealkylation sites (tertiary alicyclic amines) is 1. The van der Waals surface area contributed by atoms with Crippen LogP contribution in [0.25, 0.3) is 0 Å². The first kappa shape index (κ1) is 15.6. The number of fused-ring (bicyclic) bond motifs is 5. The van der Waals surface area contributed by atoms with Crippen LogP contribution in [-0.2, 0) is 11.2 Å². The van der Waals surface area contributed by atoms with Crippen molar-refractivity contribution in [3.8, 4) is 0 Å². The van der Waals surface area contributed by atoms with Gasteiger partial charge in [-0.3, -0.25) is 5.32 Å². The fraction of sp³-hybridized carbons (Fsp3) is 0.579. The van der Waals surface area contributed by atoms with Crippen LogP contribution in [0.15, 0.2) is 30.5 Å². The largest absolute Gasteiger partial charge is 0.366 e. The van der Waals surface area contributed by atoms with Crippen LogP contribution in [-0.4, -0.2) is 41.2 Å². The number of carbonyl (C=O) groups excluding carboxylic acids is 1. The number of nitrogens with zero attached hydrogens (tertiary/aromatic N) is 2. The number of hydrogen-bond acceptors (Lipinski definition) is 3. The second-order valence-electron chi connectivity index (χ2n) is 7.60. The Labute approximate surface area is 143 Å². The number of amides is 2. The van der Waals surface area contributed by atoms with Crippen LogP contribution >= 0.6 is 0 Å². The Bertz CT molecular complexity index is 621. The fourth-order valence-electron chi connectivity index (χ4n) is 3.98. The van der Waals surface area contributed by atoms with Gasteiger partial charge < -0.3 is 9.64 Å². The van der Waals surface area contributed by atoms with Crippen LogP contribution in [0.5, 0.6) is 0 Å². The summed E-state index contributed by atoms with van der Waals surface area (Å²) < 4.78 is 5.86. The number of pyridine rings is 1. The van der Waals surface area contributed by atoms with Crippen molar-refractivity contribution in [2.24, 2.45) is 17.8 Å². The van der Waals surface area contributed by atoms with Gasteiger partial charge in [0, 0.05) is 31.1 Å².